The predicted octanol–water partition coefficient (Wildman–Crippen LogP) is 2.48. The molecule has 0 aromatic rings. The number of nitrogens with two attached hydrogens (primary N) is 1. The molecular formula is C13H28N2. The number of rotatable bonds is 4. The lowest BCUT2D eigenvalue weighted by Crippen LogP contribution is -2.43. The fourth-order valence-electron chi connectivity index (χ4n) is 2.94. The molecule has 0 bridgehead atoms. The van der Waals surface area contributed by atoms with Crippen molar-refractivity contribution in [1.82, 2.24) is 4.90 Å². The van der Waals surface area contributed by atoms with E-state index in [1.807, 2.05) is 0 Å². The molecule has 0 aromatic carbocycles. The largest absolute Gasteiger partial charge is 0.330 e. The predicted molar refractivity (Wildman–Crippen MR) is 66.9 cm³/mol. The summed E-state index contributed by atoms with van der Waals surface area (Å²) in [6.07, 6.45) is 5.32. The number of hydrogen-bond acceptors (Lipinski definition) is 2. The first kappa shape index (κ1) is 13.0. The molecule has 90 valence electrons. The fourth-order valence-corrected chi connectivity index (χ4v) is 2.94. The van der Waals surface area contributed by atoms with Gasteiger partial charge in [0.1, 0.15) is 0 Å². The van der Waals surface area contributed by atoms with Gasteiger partial charge in [-0.1, -0.05) is 27.2 Å². The van der Waals surface area contributed by atoms with E-state index in [1.54, 1.807) is 0 Å². The summed E-state index contributed by atoms with van der Waals surface area (Å²) in [6.45, 7) is 10.3. The van der Waals surface area contributed by atoms with E-state index < -0.39 is 0 Å². The van der Waals surface area contributed by atoms with Crippen LogP contribution in [0.1, 0.15) is 46.5 Å². The van der Waals surface area contributed by atoms with Crippen molar-refractivity contribution in [2.45, 2.75) is 52.5 Å². The van der Waals surface area contributed by atoms with Gasteiger partial charge in [0, 0.05) is 12.6 Å². The molecule has 2 atom stereocenters. The Morgan fingerprint density at radius 1 is 1.33 bits per heavy atom. The van der Waals surface area contributed by atoms with Crippen LogP contribution in [0.15, 0.2) is 0 Å². The van der Waals surface area contributed by atoms with E-state index in [2.05, 4.69) is 25.7 Å². The van der Waals surface area contributed by atoms with Crippen LogP contribution >= 0.6 is 0 Å². The van der Waals surface area contributed by atoms with Gasteiger partial charge in [-0.05, 0) is 44.2 Å². The Morgan fingerprint density at radius 3 is 2.60 bits per heavy atom. The maximum Gasteiger partial charge on any atom is 0.0133 e. The first-order valence-electron chi connectivity index (χ1n) is 6.63. The Labute approximate surface area is 95.2 Å². The van der Waals surface area contributed by atoms with Crippen LogP contribution in [0.25, 0.3) is 0 Å². The van der Waals surface area contributed by atoms with Crippen molar-refractivity contribution in [1.29, 1.82) is 0 Å². The van der Waals surface area contributed by atoms with Gasteiger partial charge in [0.2, 0.25) is 0 Å². The van der Waals surface area contributed by atoms with Crippen LogP contribution in [-0.2, 0) is 0 Å². The fraction of sp³-hybridized carbons (Fsp3) is 1.00. The summed E-state index contributed by atoms with van der Waals surface area (Å²) < 4.78 is 0. The molecule has 1 aliphatic rings. The third-order valence-electron chi connectivity index (χ3n) is 3.60. The Hall–Kier alpha value is -0.0800. The smallest absolute Gasteiger partial charge is 0.0133 e. The van der Waals surface area contributed by atoms with Gasteiger partial charge in [0.25, 0.3) is 0 Å². The highest BCUT2D eigenvalue weighted by Crippen LogP contribution is 2.25. The van der Waals surface area contributed by atoms with Gasteiger partial charge < -0.3 is 5.73 Å². The molecule has 0 radical (unpaired) electrons. The highest BCUT2D eigenvalue weighted by molar-refractivity contribution is 4.82. The minimum Gasteiger partial charge on any atom is -0.330 e. The van der Waals surface area contributed by atoms with E-state index in [0.29, 0.717) is 0 Å². The maximum absolute atomic E-state index is 5.91. The second-order valence-corrected chi connectivity index (χ2v) is 5.36. The van der Waals surface area contributed by atoms with Crippen molar-refractivity contribution in [2.24, 2.45) is 17.6 Å². The molecule has 0 amide bonds. The average Bonchev–Trinajstić information content (AvgIpc) is 2.38. The molecule has 2 heteroatoms. The number of hydrogen-bond donors (Lipinski definition) is 1. The molecule has 1 saturated heterocycles. The lowest BCUT2D eigenvalue weighted by atomic mass is 9.92. The van der Waals surface area contributed by atoms with Gasteiger partial charge in [0.05, 0.1) is 0 Å². The zero-order valence-corrected chi connectivity index (χ0v) is 10.7. The van der Waals surface area contributed by atoms with E-state index in [1.165, 1.54) is 38.8 Å². The van der Waals surface area contributed by atoms with Gasteiger partial charge in [0.15, 0.2) is 0 Å². The topological polar surface area (TPSA) is 29.3 Å². The molecule has 0 saturated carbocycles. The van der Waals surface area contributed by atoms with E-state index >= 15 is 0 Å². The molecule has 1 heterocycles. The van der Waals surface area contributed by atoms with Crippen LogP contribution in [0.4, 0.5) is 0 Å². The Kier molecular flexibility index (Phi) is 5.62. The molecule has 1 fully saturated rings. The lowest BCUT2D eigenvalue weighted by molar-refractivity contribution is 0.137. The highest BCUT2D eigenvalue weighted by Gasteiger charge is 2.27. The molecule has 0 aromatic heterocycles. The SMILES string of the molecule is CC[C@@H]1[C@@H](CN)CCCCN1CC(C)C. The molecule has 0 unspecified atom stereocenters. The average molecular weight is 212 g/mol. The summed E-state index contributed by atoms with van der Waals surface area (Å²) in [6, 6.07) is 0.736. The van der Waals surface area contributed by atoms with Crippen LogP contribution in [0.3, 0.4) is 0 Å². The molecule has 0 spiro atoms. The van der Waals surface area contributed by atoms with E-state index in [4.69, 9.17) is 5.73 Å². The van der Waals surface area contributed by atoms with E-state index in [9.17, 15) is 0 Å². The molecule has 2 nitrogen and oxygen atoms in total. The van der Waals surface area contributed by atoms with Crippen LogP contribution in [-0.4, -0.2) is 30.6 Å². The monoisotopic (exact) mass is 212 g/mol. The minimum absolute atomic E-state index is 0.733. The quantitative estimate of drug-likeness (QED) is 0.776. The normalized spacial score (nSPS) is 29.4. The zero-order chi connectivity index (χ0) is 11.3. The molecule has 1 rings (SSSR count). The molecule has 15 heavy (non-hydrogen) atoms. The van der Waals surface area contributed by atoms with Crippen molar-refractivity contribution in [3.63, 3.8) is 0 Å². The Morgan fingerprint density at radius 2 is 2.07 bits per heavy atom. The number of likely N-dealkylation sites (tertiary alicyclic amines) is 1. The van der Waals surface area contributed by atoms with E-state index in [0.717, 1.165) is 24.4 Å². The van der Waals surface area contributed by atoms with Crippen LogP contribution in [0, 0.1) is 11.8 Å². The van der Waals surface area contributed by atoms with Crippen molar-refractivity contribution >= 4 is 0 Å². The van der Waals surface area contributed by atoms with Crippen LogP contribution in [0.5, 0.6) is 0 Å². The van der Waals surface area contributed by atoms with Gasteiger partial charge in [-0.15, -0.1) is 0 Å². The maximum atomic E-state index is 5.91. The first-order valence-corrected chi connectivity index (χ1v) is 6.63. The minimum atomic E-state index is 0.733. The van der Waals surface area contributed by atoms with Crippen LogP contribution in [0.2, 0.25) is 0 Å². The lowest BCUT2D eigenvalue weighted by Gasteiger charge is -2.35. The third kappa shape index (κ3) is 3.76. The second kappa shape index (κ2) is 6.49. The second-order valence-electron chi connectivity index (χ2n) is 5.36. The first-order chi connectivity index (χ1) is 7.19. The molecule has 1 aliphatic heterocycles. The highest BCUT2D eigenvalue weighted by atomic mass is 15.2. The summed E-state index contributed by atoms with van der Waals surface area (Å²) in [5.74, 6) is 1.51. The van der Waals surface area contributed by atoms with Crippen molar-refractivity contribution < 1.29 is 0 Å². The summed E-state index contributed by atoms with van der Waals surface area (Å²) >= 11 is 0. The molecule has 0 aliphatic carbocycles. The van der Waals surface area contributed by atoms with Gasteiger partial charge >= 0.3 is 0 Å². The van der Waals surface area contributed by atoms with Crippen LogP contribution < -0.4 is 5.73 Å². The summed E-state index contributed by atoms with van der Waals surface area (Å²) in [5, 5.41) is 0. The van der Waals surface area contributed by atoms with Gasteiger partial charge in [-0.2, -0.15) is 0 Å². The van der Waals surface area contributed by atoms with Gasteiger partial charge in [-0.25, -0.2) is 0 Å². The molecular weight excluding hydrogens is 184 g/mol. The zero-order valence-electron chi connectivity index (χ0n) is 10.7. The molecule has 2 N–H and O–H groups in total. The third-order valence-corrected chi connectivity index (χ3v) is 3.60. The standard InChI is InChI=1S/C13H28N2/c1-4-13-12(9-14)7-5-6-8-15(13)10-11(2)3/h11-13H,4-10,14H2,1-3H3/t12-,13-/m1/s1. The Bertz CT molecular complexity index is 168. The summed E-state index contributed by atoms with van der Waals surface area (Å²) in [4.78, 5) is 2.69. The van der Waals surface area contributed by atoms with Gasteiger partial charge in [-0.3, -0.25) is 4.90 Å². The van der Waals surface area contributed by atoms with E-state index in [-0.39, 0.29) is 0 Å². The Balaban J connectivity index is 2.63. The van der Waals surface area contributed by atoms with Crippen molar-refractivity contribution in [3.8, 4) is 0 Å². The summed E-state index contributed by atoms with van der Waals surface area (Å²) in [7, 11) is 0. The summed E-state index contributed by atoms with van der Waals surface area (Å²) in [5.41, 5.74) is 5.91. The van der Waals surface area contributed by atoms with Crippen molar-refractivity contribution in [3.05, 3.63) is 0 Å². The number of nitrogens with zero attached hydrogens (tertiary/aromatic N) is 1. The van der Waals surface area contributed by atoms with Crippen molar-refractivity contribution in [2.75, 3.05) is 19.6 Å².